The molecule has 1 amide bonds. The van der Waals surface area contributed by atoms with E-state index >= 15 is 0 Å². The van der Waals surface area contributed by atoms with Crippen molar-refractivity contribution in [2.24, 2.45) is 0 Å². The summed E-state index contributed by atoms with van der Waals surface area (Å²) >= 11 is 0. The molecular formula is C27H28N2O3. The van der Waals surface area contributed by atoms with Crippen molar-refractivity contribution >= 4 is 11.7 Å². The maximum Gasteiger partial charge on any atom is 0.289 e. The van der Waals surface area contributed by atoms with E-state index in [4.69, 9.17) is 4.42 Å². The molecule has 0 N–H and O–H groups in total. The molecule has 1 aliphatic heterocycles. The van der Waals surface area contributed by atoms with Gasteiger partial charge in [0.05, 0.1) is 11.6 Å². The Morgan fingerprint density at radius 2 is 1.47 bits per heavy atom. The second kappa shape index (κ2) is 8.75. The van der Waals surface area contributed by atoms with Crippen LogP contribution in [0.4, 0.5) is 0 Å². The third-order valence-electron chi connectivity index (χ3n) is 6.70. The van der Waals surface area contributed by atoms with Gasteiger partial charge >= 0.3 is 0 Å². The van der Waals surface area contributed by atoms with Gasteiger partial charge in [-0.15, -0.1) is 0 Å². The molecule has 1 fully saturated rings. The summed E-state index contributed by atoms with van der Waals surface area (Å²) in [6.07, 6.45) is 2.07. The highest BCUT2D eigenvalue weighted by molar-refractivity contribution is 6.03. The van der Waals surface area contributed by atoms with Crippen LogP contribution in [0.2, 0.25) is 0 Å². The molecule has 5 heteroatoms. The molecule has 0 unspecified atom stereocenters. The van der Waals surface area contributed by atoms with Gasteiger partial charge in [0.25, 0.3) is 5.91 Å². The quantitative estimate of drug-likeness (QED) is 0.607. The van der Waals surface area contributed by atoms with Crippen LogP contribution >= 0.6 is 0 Å². The van der Waals surface area contributed by atoms with Gasteiger partial charge in [-0.3, -0.25) is 14.5 Å². The lowest BCUT2D eigenvalue weighted by molar-refractivity contribution is 0.0565. The summed E-state index contributed by atoms with van der Waals surface area (Å²) in [6.45, 7) is 4.66. The summed E-state index contributed by atoms with van der Waals surface area (Å²) in [4.78, 5) is 29.9. The van der Waals surface area contributed by atoms with Crippen LogP contribution in [0.5, 0.6) is 0 Å². The first-order valence-electron chi connectivity index (χ1n) is 11.4. The molecule has 164 valence electrons. The number of piperazine rings is 1. The number of nitrogens with zero attached hydrogens (tertiary/aromatic N) is 2. The van der Waals surface area contributed by atoms with E-state index in [1.54, 1.807) is 0 Å². The van der Waals surface area contributed by atoms with E-state index in [1.807, 2.05) is 24.0 Å². The molecule has 2 heterocycles. The van der Waals surface area contributed by atoms with Crippen LogP contribution in [0.1, 0.15) is 62.2 Å². The Balaban J connectivity index is 1.34. The summed E-state index contributed by atoms with van der Waals surface area (Å²) in [6, 6.07) is 21.2. The number of Topliss-reactive ketones (excluding diaryl/α,β-unsaturated/α-hetero) is 1. The van der Waals surface area contributed by atoms with Crippen LogP contribution in [0.25, 0.3) is 0 Å². The van der Waals surface area contributed by atoms with Gasteiger partial charge in [0.1, 0.15) is 5.76 Å². The summed E-state index contributed by atoms with van der Waals surface area (Å²) in [5, 5.41) is 0. The number of furan rings is 1. The predicted octanol–water partition coefficient (Wildman–Crippen LogP) is 4.65. The Morgan fingerprint density at radius 1 is 0.875 bits per heavy atom. The molecule has 3 aromatic rings. The molecule has 5 nitrogen and oxygen atoms in total. The third kappa shape index (κ3) is 3.78. The van der Waals surface area contributed by atoms with E-state index in [0.717, 1.165) is 25.9 Å². The summed E-state index contributed by atoms with van der Waals surface area (Å²) < 4.78 is 5.91. The van der Waals surface area contributed by atoms with Gasteiger partial charge in [0, 0.05) is 44.6 Å². The maximum atomic E-state index is 13.3. The molecule has 0 atom stereocenters. The van der Waals surface area contributed by atoms with Gasteiger partial charge in [-0.25, -0.2) is 0 Å². The smallest absolute Gasteiger partial charge is 0.289 e. The number of amides is 1. The zero-order chi connectivity index (χ0) is 22.1. The highest BCUT2D eigenvalue weighted by Crippen LogP contribution is 2.32. The molecule has 0 bridgehead atoms. The molecule has 5 rings (SSSR count). The van der Waals surface area contributed by atoms with E-state index in [-0.39, 0.29) is 17.7 Å². The predicted molar refractivity (Wildman–Crippen MR) is 123 cm³/mol. The molecule has 0 spiro atoms. The number of rotatable bonds is 4. The Kier molecular flexibility index (Phi) is 5.66. The summed E-state index contributed by atoms with van der Waals surface area (Å²) in [5.41, 5.74) is 3.87. The SMILES string of the molecule is Cc1c(C(=O)N2CCN(C(c3ccccc3)c3ccccc3)CC2)oc2c1C(=O)CCC2. The van der Waals surface area contributed by atoms with Crippen LogP contribution in [0.3, 0.4) is 0 Å². The van der Waals surface area contributed by atoms with E-state index in [9.17, 15) is 9.59 Å². The number of benzene rings is 2. The van der Waals surface area contributed by atoms with Gasteiger partial charge < -0.3 is 9.32 Å². The molecule has 1 aromatic heterocycles. The number of carbonyl (C=O) groups excluding carboxylic acids is 2. The summed E-state index contributed by atoms with van der Waals surface area (Å²) in [7, 11) is 0. The number of hydrogen-bond donors (Lipinski definition) is 0. The van der Waals surface area contributed by atoms with E-state index in [1.165, 1.54) is 11.1 Å². The van der Waals surface area contributed by atoms with Crippen molar-refractivity contribution in [3.05, 3.63) is 94.4 Å². The Hall–Kier alpha value is -3.18. The van der Waals surface area contributed by atoms with Gasteiger partial charge in [-0.05, 0) is 24.5 Å². The second-order valence-corrected chi connectivity index (χ2v) is 8.68. The van der Waals surface area contributed by atoms with Crippen molar-refractivity contribution in [2.45, 2.75) is 32.2 Å². The van der Waals surface area contributed by atoms with Gasteiger partial charge in [0.15, 0.2) is 11.5 Å². The fourth-order valence-electron chi connectivity index (χ4n) is 5.06. The largest absolute Gasteiger partial charge is 0.455 e. The highest BCUT2D eigenvalue weighted by Gasteiger charge is 2.33. The number of fused-ring (bicyclic) bond motifs is 1. The summed E-state index contributed by atoms with van der Waals surface area (Å²) in [5.74, 6) is 1.04. The molecule has 1 saturated heterocycles. The lowest BCUT2D eigenvalue weighted by Gasteiger charge is -2.39. The van der Waals surface area contributed by atoms with Gasteiger partial charge in [-0.1, -0.05) is 60.7 Å². The van der Waals surface area contributed by atoms with Crippen molar-refractivity contribution in [1.82, 2.24) is 9.80 Å². The van der Waals surface area contributed by atoms with Crippen molar-refractivity contribution in [2.75, 3.05) is 26.2 Å². The van der Waals surface area contributed by atoms with Crippen LogP contribution < -0.4 is 0 Å². The maximum absolute atomic E-state index is 13.3. The fraction of sp³-hybridized carbons (Fsp3) is 0.333. The Bertz CT molecular complexity index is 1070. The molecule has 0 radical (unpaired) electrons. The lowest BCUT2D eigenvalue weighted by Crippen LogP contribution is -2.49. The minimum absolute atomic E-state index is 0.0969. The van der Waals surface area contributed by atoms with Crippen LogP contribution in [-0.4, -0.2) is 47.7 Å². The van der Waals surface area contributed by atoms with Gasteiger partial charge in [-0.2, -0.15) is 0 Å². The molecule has 0 saturated carbocycles. The van der Waals surface area contributed by atoms with Crippen molar-refractivity contribution in [3.63, 3.8) is 0 Å². The van der Waals surface area contributed by atoms with Crippen LogP contribution in [-0.2, 0) is 6.42 Å². The standard InChI is InChI=1S/C27H28N2O3/c1-19-24-22(30)13-8-14-23(24)32-26(19)27(31)29-17-15-28(16-18-29)25(20-9-4-2-5-10-20)21-11-6-3-7-12-21/h2-7,9-12,25H,8,13-18H2,1H3. The van der Waals surface area contributed by atoms with Crippen LogP contribution in [0.15, 0.2) is 65.1 Å². The molecular weight excluding hydrogens is 400 g/mol. The number of carbonyl (C=O) groups is 2. The number of hydrogen-bond acceptors (Lipinski definition) is 4. The van der Waals surface area contributed by atoms with E-state index < -0.39 is 0 Å². The topological polar surface area (TPSA) is 53.8 Å². The normalized spacial score (nSPS) is 16.9. The molecule has 32 heavy (non-hydrogen) atoms. The van der Waals surface area contributed by atoms with Crippen LogP contribution in [0, 0.1) is 6.92 Å². The minimum Gasteiger partial charge on any atom is -0.455 e. The third-order valence-corrected chi connectivity index (χ3v) is 6.70. The Labute approximate surface area is 188 Å². The monoisotopic (exact) mass is 428 g/mol. The fourth-order valence-corrected chi connectivity index (χ4v) is 5.06. The average molecular weight is 429 g/mol. The first kappa shape index (κ1) is 20.7. The zero-order valence-electron chi connectivity index (χ0n) is 18.4. The van der Waals surface area contributed by atoms with Gasteiger partial charge in [0.2, 0.25) is 0 Å². The molecule has 2 aliphatic rings. The van der Waals surface area contributed by atoms with E-state index in [0.29, 0.717) is 42.2 Å². The second-order valence-electron chi connectivity index (χ2n) is 8.68. The average Bonchev–Trinajstić information content (AvgIpc) is 3.18. The van der Waals surface area contributed by atoms with Crippen molar-refractivity contribution in [1.29, 1.82) is 0 Å². The van der Waals surface area contributed by atoms with Crippen molar-refractivity contribution in [3.8, 4) is 0 Å². The molecule has 1 aliphatic carbocycles. The molecule has 2 aromatic carbocycles. The lowest BCUT2D eigenvalue weighted by atomic mass is 9.94. The number of aryl methyl sites for hydroxylation is 1. The van der Waals surface area contributed by atoms with E-state index in [2.05, 4.69) is 53.4 Å². The zero-order valence-corrected chi connectivity index (χ0v) is 18.4. The van der Waals surface area contributed by atoms with Crippen molar-refractivity contribution < 1.29 is 14.0 Å². The number of ketones is 1. The first-order chi connectivity index (χ1) is 15.6. The first-order valence-corrected chi connectivity index (χ1v) is 11.4. The Morgan fingerprint density at radius 3 is 2.03 bits per heavy atom. The minimum atomic E-state index is -0.0969. The highest BCUT2D eigenvalue weighted by atomic mass is 16.4.